The van der Waals surface area contributed by atoms with Gasteiger partial charge in [0.05, 0.1) is 18.2 Å². The molecule has 26 heavy (non-hydrogen) atoms. The number of aromatic nitrogens is 1. The molecule has 0 aliphatic carbocycles. The fraction of sp³-hybridized carbons (Fsp3) is 0.238. The van der Waals surface area contributed by atoms with E-state index >= 15 is 0 Å². The molecule has 5 heteroatoms. The molecule has 0 atom stereocenters. The van der Waals surface area contributed by atoms with Crippen LogP contribution in [0.15, 0.2) is 48.5 Å². The van der Waals surface area contributed by atoms with Crippen LogP contribution in [-0.4, -0.2) is 23.7 Å². The summed E-state index contributed by atoms with van der Waals surface area (Å²) in [5.41, 5.74) is 2.62. The van der Waals surface area contributed by atoms with E-state index in [2.05, 4.69) is 4.98 Å². The van der Waals surface area contributed by atoms with Crippen molar-refractivity contribution in [3.05, 3.63) is 59.1 Å². The summed E-state index contributed by atoms with van der Waals surface area (Å²) in [6.45, 7) is 5.83. The van der Waals surface area contributed by atoms with E-state index in [-0.39, 0.29) is 18.6 Å². The normalized spacial score (nSPS) is 11.0. The van der Waals surface area contributed by atoms with Crippen molar-refractivity contribution in [1.82, 2.24) is 4.98 Å². The second-order valence-corrected chi connectivity index (χ2v) is 6.52. The zero-order chi connectivity index (χ0) is 18.7. The van der Waals surface area contributed by atoms with Gasteiger partial charge in [-0.2, -0.15) is 0 Å². The van der Waals surface area contributed by atoms with Gasteiger partial charge in [0.2, 0.25) is 5.88 Å². The van der Waals surface area contributed by atoms with Crippen LogP contribution >= 0.6 is 11.6 Å². The van der Waals surface area contributed by atoms with Crippen molar-refractivity contribution in [1.29, 1.82) is 0 Å². The SMILES string of the molecule is CCOC(=O)c1c(OC(C)C)nc2ccc(Cl)cc2c1-c1ccccc1. The van der Waals surface area contributed by atoms with Crippen molar-refractivity contribution in [2.45, 2.75) is 26.9 Å². The third kappa shape index (κ3) is 3.65. The summed E-state index contributed by atoms with van der Waals surface area (Å²) in [4.78, 5) is 17.4. The molecule has 0 aliphatic heterocycles. The predicted molar refractivity (Wildman–Crippen MR) is 104 cm³/mol. The van der Waals surface area contributed by atoms with Gasteiger partial charge in [0.1, 0.15) is 5.56 Å². The molecule has 1 aromatic heterocycles. The molecule has 0 unspecified atom stereocenters. The molecule has 134 valence electrons. The third-order valence-electron chi connectivity index (χ3n) is 3.80. The van der Waals surface area contributed by atoms with E-state index in [0.29, 0.717) is 21.7 Å². The number of ether oxygens (including phenoxy) is 2. The van der Waals surface area contributed by atoms with Gasteiger partial charge >= 0.3 is 5.97 Å². The molecule has 3 aromatic rings. The van der Waals surface area contributed by atoms with E-state index in [4.69, 9.17) is 21.1 Å². The largest absolute Gasteiger partial charge is 0.474 e. The van der Waals surface area contributed by atoms with Crippen LogP contribution in [0.3, 0.4) is 0 Å². The third-order valence-corrected chi connectivity index (χ3v) is 4.04. The summed E-state index contributed by atoms with van der Waals surface area (Å²) in [6, 6.07) is 15.1. The van der Waals surface area contributed by atoms with Crippen LogP contribution in [-0.2, 0) is 4.74 Å². The Bertz CT molecular complexity index is 939. The summed E-state index contributed by atoms with van der Waals surface area (Å²) in [6.07, 6.45) is -0.135. The summed E-state index contributed by atoms with van der Waals surface area (Å²) in [5.74, 6) is -0.191. The first-order valence-electron chi connectivity index (χ1n) is 8.53. The minimum atomic E-state index is -0.462. The van der Waals surface area contributed by atoms with E-state index in [1.807, 2.05) is 56.3 Å². The van der Waals surface area contributed by atoms with Crippen LogP contribution in [0.2, 0.25) is 5.02 Å². The van der Waals surface area contributed by atoms with Gasteiger partial charge in [-0.05, 0) is 44.5 Å². The van der Waals surface area contributed by atoms with Gasteiger partial charge in [0, 0.05) is 16.0 Å². The quantitative estimate of drug-likeness (QED) is 0.555. The highest BCUT2D eigenvalue weighted by Gasteiger charge is 2.25. The van der Waals surface area contributed by atoms with Crippen LogP contribution in [0.5, 0.6) is 5.88 Å². The Balaban J connectivity index is 2.41. The van der Waals surface area contributed by atoms with Crippen LogP contribution in [0.4, 0.5) is 0 Å². The number of carbonyl (C=O) groups is 1. The number of hydrogen-bond acceptors (Lipinski definition) is 4. The average Bonchev–Trinajstić information content (AvgIpc) is 2.61. The topological polar surface area (TPSA) is 48.4 Å². The zero-order valence-electron chi connectivity index (χ0n) is 15.0. The molecule has 0 saturated heterocycles. The number of fused-ring (bicyclic) bond motifs is 1. The van der Waals surface area contributed by atoms with Crippen molar-refractivity contribution in [3.63, 3.8) is 0 Å². The Morgan fingerprint density at radius 3 is 2.54 bits per heavy atom. The second kappa shape index (κ2) is 7.75. The smallest absolute Gasteiger partial charge is 0.344 e. The summed E-state index contributed by atoms with van der Waals surface area (Å²) in [5, 5.41) is 1.35. The molecule has 4 nitrogen and oxygen atoms in total. The molecule has 0 saturated carbocycles. The van der Waals surface area contributed by atoms with E-state index in [0.717, 1.165) is 10.9 Å². The summed E-state index contributed by atoms with van der Waals surface area (Å²) >= 11 is 6.22. The molecular weight excluding hydrogens is 350 g/mol. The number of benzene rings is 2. The highest BCUT2D eigenvalue weighted by molar-refractivity contribution is 6.31. The van der Waals surface area contributed by atoms with Crippen LogP contribution in [0.25, 0.3) is 22.0 Å². The van der Waals surface area contributed by atoms with Crippen LogP contribution < -0.4 is 4.74 Å². The zero-order valence-corrected chi connectivity index (χ0v) is 15.7. The Morgan fingerprint density at radius 2 is 1.88 bits per heavy atom. The molecule has 3 rings (SSSR count). The van der Waals surface area contributed by atoms with Crippen molar-refractivity contribution >= 4 is 28.5 Å². The fourth-order valence-corrected chi connectivity index (χ4v) is 2.99. The summed E-state index contributed by atoms with van der Waals surface area (Å²) < 4.78 is 11.2. The molecule has 2 aromatic carbocycles. The average molecular weight is 370 g/mol. The molecule has 0 bridgehead atoms. The van der Waals surface area contributed by atoms with E-state index < -0.39 is 5.97 Å². The maximum Gasteiger partial charge on any atom is 0.344 e. The summed E-state index contributed by atoms with van der Waals surface area (Å²) in [7, 11) is 0. The van der Waals surface area contributed by atoms with Gasteiger partial charge in [-0.1, -0.05) is 41.9 Å². The molecule has 0 amide bonds. The van der Waals surface area contributed by atoms with Crippen molar-refractivity contribution in [2.24, 2.45) is 0 Å². The number of hydrogen-bond donors (Lipinski definition) is 0. The van der Waals surface area contributed by atoms with Crippen LogP contribution in [0, 0.1) is 0 Å². The lowest BCUT2D eigenvalue weighted by molar-refractivity contribution is 0.0520. The predicted octanol–water partition coefficient (Wildman–Crippen LogP) is 5.52. The highest BCUT2D eigenvalue weighted by Crippen LogP contribution is 2.38. The maximum absolute atomic E-state index is 12.8. The molecule has 0 fully saturated rings. The number of pyridine rings is 1. The van der Waals surface area contributed by atoms with Gasteiger partial charge in [0.25, 0.3) is 0 Å². The Labute approximate surface area is 157 Å². The van der Waals surface area contributed by atoms with Crippen molar-refractivity contribution in [2.75, 3.05) is 6.61 Å². The first-order valence-corrected chi connectivity index (χ1v) is 8.91. The molecule has 0 N–H and O–H groups in total. The van der Waals surface area contributed by atoms with Crippen molar-refractivity contribution < 1.29 is 14.3 Å². The molecular formula is C21H20ClNO3. The maximum atomic E-state index is 12.8. The molecule has 0 spiro atoms. The fourth-order valence-electron chi connectivity index (χ4n) is 2.82. The highest BCUT2D eigenvalue weighted by atomic mass is 35.5. The lowest BCUT2D eigenvalue weighted by atomic mass is 9.96. The van der Waals surface area contributed by atoms with Gasteiger partial charge in [0.15, 0.2) is 0 Å². The Kier molecular flexibility index (Phi) is 5.43. The van der Waals surface area contributed by atoms with Gasteiger partial charge in [-0.3, -0.25) is 0 Å². The Morgan fingerprint density at radius 1 is 1.15 bits per heavy atom. The first kappa shape index (κ1) is 18.2. The van der Waals surface area contributed by atoms with Gasteiger partial charge in [-0.25, -0.2) is 9.78 Å². The molecule has 0 radical (unpaired) electrons. The van der Waals surface area contributed by atoms with Crippen molar-refractivity contribution in [3.8, 4) is 17.0 Å². The number of rotatable bonds is 5. The number of nitrogens with zero attached hydrogens (tertiary/aromatic N) is 1. The standard InChI is InChI=1S/C21H20ClNO3/c1-4-25-21(24)19-18(14-8-6-5-7-9-14)16-12-15(22)10-11-17(16)23-20(19)26-13(2)3/h5-13H,4H2,1-3H3. The Hall–Kier alpha value is -2.59. The minimum absolute atomic E-state index is 0.135. The van der Waals surface area contributed by atoms with Gasteiger partial charge < -0.3 is 9.47 Å². The van der Waals surface area contributed by atoms with E-state index in [1.165, 1.54) is 0 Å². The first-order chi connectivity index (χ1) is 12.5. The second-order valence-electron chi connectivity index (χ2n) is 6.08. The lowest BCUT2D eigenvalue weighted by Gasteiger charge is -2.18. The number of esters is 1. The van der Waals surface area contributed by atoms with Crippen LogP contribution in [0.1, 0.15) is 31.1 Å². The number of carbonyl (C=O) groups excluding carboxylic acids is 1. The van der Waals surface area contributed by atoms with Gasteiger partial charge in [-0.15, -0.1) is 0 Å². The molecule has 1 heterocycles. The lowest BCUT2D eigenvalue weighted by Crippen LogP contribution is -2.15. The minimum Gasteiger partial charge on any atom is -0.474 e. The number of halogens is 1. The van der Waals surface area contributed by atoms with E-state index in [1.54, 1.807) is 13.0 Å². The molecule has 0 aliphatic rings. The monoisotopic (exact) mass is 369 g/mol. The van der Waals surface area contributed by atoms with E-state index in [9.17, 15) is 4.79 Å².